The number of benzene rings is 2. The van der Waals surface area contributed by atoms with E-state index < -0.39 is 83.7 Å². The fourth-order valence-electron chi connectivity index (χ4n) is 2.44. The van der Waals surface area contributed by atoms with Gasteiger partial charge in [0.2, 0.25) is 5.91 Å². The number of nitro groups is 1. The van der Waals surface area contributed by atoms with Crippen LogP contribution in [0.2, 0.25) is 0 Å². The predicted octanol–water partition coefficient (Wildman–Crippen LogP) is 6.24. The number of anilines is 1. The second-order valence-electron chi connectivity index (χ2n) is 6.69. The van der Waals surface area contributed by atoms with Crippen LogP contribution in [0, 0.1) is 10.1 Å². The van der Waals surface area contributed by atoms with Gasteiger partial charge in [0.15, 0.2) is 0 Å². The first-order valence-electron chi connectivity index (χ1n) is 8.91. The quantitative estimate of drug-likeness (QED) is 0.175. The van der Waals surface area contributed by atoms with E-state index in [4.69, 9.17) is 0 Å². The molecule has 2 aromatic carbocycles. The van der Waals surface area contributed by atoms with E-state index in [1.165, 1.54) is 0 Å². The Bertz CT molecular complexity index is 1190. The second-order valence-corrected chi connectivity index (χ2v) is 9.30. The summed E-state index contributed by atoms with van der Waals surface area (Å²) in [5.41, 5.74) is -2.73. The largest absolute Gasteiger partial charge is 0.460 e. The normalized spacial score (nSPS) is 13.8. The summed E-state index contributed by atoms with van der Waals surface area (Å²) < 4.78 is 141. The number of hydrogen-bond donors (Lipinski definition) is 1. The van der Waals surface area contributed by atoms with Crippen molar-refractivity contribution in [1.29, 1.82) is 0 Å². The number of nitrogens with one attached hydrogen (secondary N) is 1. The molecule has 0 aliphatic rings. The fourth-order valence-corrected chi connectivity index (χ4v) is 4.34. The number of rotatable bonds is 8. The lowest BCUT2D eigenvalue weighted by atomic mass is 10.2. The molecule has 18 heteroatoms. The molecule has 0 spiro atoms. The molecular weight excluding hydrogens is 562 g/mol. The SMILES string of the molecule is O=C(CS(=O)c1ccc(SC(F)(F)C(F)(F)C(F)(F)F)cc1[N+](=O)[O-])Nc1cccc(C(F)(F)F)c1. The van der Waals surface area contributed by atoms with Crippen molar-refractivity contribution in [3.8, 4) is 0 Å². The van der Waals surface area contributed by atoms with Gasteiger partial charge >= 0.3 is 23.5 Å². The maximum absolute atomic E-state index is 13.6. The molecule has 0 heterocycles. The maximum Gasteiger partial charge on any atom is 0.460 e. The summed E-state index contributed by atoms with van der Waals surface area (Å²) >= 11 is -1.33. The van der Waals surface area contributed by atoms with Crippen LogP contribution in [0.1, 0.15) is 5.56 Å². The first-order valence-corrected chi connectivity index (χ1v) is 11.0. The van der Waals surface area contributed by atoms with Crippen molar-refractivity contribution in [3.05, 3.63) is 58.1 Å². The summed E-state index contributed by atoms with van der Waals surface area (Å²) in [4.78, 5) is 20.1. The van der Waals surface area contributed by atoms with E-state index in [2.05, 4.69) is 0 Å². The van der Waals surface area contributed by atoms with Gasteiger partial charge in [0.1, 0.15) is 10.6 Å². The summed E-state index contributed by atoms with van der Waals surface area (Å²) in [6, 6.07) is 4.39. The van der Waals surface area contributed by atoms with Gasteiger partial charge in [0.25, 0.3) is 5.69 Å². The lowest BCUT2D eigenvalue weighted by Crippen LogP contribution is -2.49. The van der Waals surface area contributed by atoms with E-state index in [-0.39, 0.29) is 11.8 Å². The molecule has 0 bridgehead atoms. The molecule has 0 aromatic heterocycles. The number of carbonyl (C=O) groups is 1. The van der Waals surface area contributed by atoms with Gasteiger partial charge in [-0.2, -0.15) is 43.9 Å². The molecule has 6 nitrogen and oxygen atoms in total. The lowest BCUT2D eigenvalue weighted by molar-refractivity contribution is -0.388. The summed E-state index contributed by atoms with van der Waals surface area (Å²) in [5, 5.41) is 7.46. The van der Waals surface area contributed by atoms with Gasteiger partial charge in [0.05, 0.1) is 21.3 Å². The van der Waals surface area contributed by atoms with Gasteiger partial charge in [-0.25, -0.2) is 0 Å². The number of amides is 1. The molecule has 0 saturated carbocycles. The van der Waals surface area contributed by atoms with Crippen molar-refractivity contribution < 1.29 is 57.8 Å². The van der Waals surface area contributed by atoms with Gasteiger partial charge in [-0.3, -0.25) is 19.1 Å². The Labute approximate surface area is 200 Å². The number of halogens is 10. The Morgan fingerprint density at radius 1 is 0.972 bits per heavy atom. The Kier molecular flexibility index (Phi) is 8.34. The Morgan fingerprint density at radius 3 is 2.11 bits per heavy atom. The van der Waals surface area contributed by atoms with Crippen LogP contribution in [-0.4, -0.2) is 38.1 Å². The molecule has 0 aliphatic heterocycles. The van der Waals surface area contributed by atoms with Crippen LogP contribution in [0.15, 0.2) is 52.3 Å². The Morgan fingerprint density at radius 2 is 1.58 bits per heavy atom. The van der Waals surface area contributed by atoms with E-state index >= 15 is 0 Å². The van der Waals surface area contributed by atoms with E-state index in [0.29, 0.717) is 24.3 Å². The smallest absolute Gasteiger partial charge is 0.325 e. The topological polar surface area (TPSA) is 89.3 Å². The molecule has 0 aliphatic carbocycles. The van der Waals surface area contributed by atoms with E-state index in [0.717, 1.165) is 12.1 Å². The van der Waals surface area contributed by atoms with Gasteiger partial charge in [-0.1, -0.05) is 6.07 Å². The number of nitrogens with zero attached hydrogens (tertiary/aromatic N) is 1. The lowest BCUT2D eigenvalue weighted by Gasteiger charge is -2.27. The summed E-state index contributed by atoms with van der Waals surface area (Å²) in [5.74, 6) is -8.73. The highest BCUT2D eigenvalue weighted by atomic mass is 32.2. The van der Waals surface area contributed by atoms with Gasteiger partial charge in [-0.15, -0.1) is 0 Å². The third-order valence-corrected chi connectivity index (χ3v) is 6.44. The molecule has 1 N–H and O–H groups in total. The van der Waals surface area contributed by atoms with E-state index in [1.807, 2.05) is 5.32 Å². The van der Waals surface area contributed by atoms with Crippen molar-refractivity contribution >= 4 is 39.8 Å². The number of carbonyl (C=O) groups excluding carboxylic acids is 1. The molecule has 198 valence electrons. The third kappa shape index (κ3) is 6.65. The average Bonchev–Trinajstić information content (AvgIpc) is 2.71. The van der Waals surface area contributed by atoms with Crippen LogP contribution in [0.5, 0.6) is 0 Å². The molecule has 0 saturated heterocycles. The molecule has 0 fully saturated rings. The molecule has 2 aromatic rings. The monoisotopic (exact) mass is 572 g/mol. The minimum Gasteiger partial charge on any atom is -0.325 e. The number of alkyl halides is 10. The van der Waals surface area contributed by atoms with Crippen LogP contribution in [0.3, 0.4) is 0 Å². The first kappa shape index (κ1) is 29.3. The molecule has 1 atom stereocenters. The van der Waals surface area contributed by atoms with Gasteiger partial charge in [-0.05, 0) is 42.1 Å². The third-order valence-electron chi connectivity index (χ3n) is 4.08. The van der Waals surface area contributed by atoms with Crippen molar-refractivity contribution in [3.63, 3.8) is 0 Å². The van der Waals surface area contributed by atoms with E-state index in [9.17, 15) is 63.0 Å². The molecule has 1 amide bonds. The zero-order chi connectivity index (χ0) is 27.7. The van der Waals surface area contributed by atoms with Crippen LogP contribution in [-0.2, 0) is 21.8 Å². The van der Waals surface area contributed by atoms with Crippen molar-refractivity contribution in [2.45, 2.75) is 33.3 Å². The van der Waals surface area contributed by atoms with Crippen LogP contribution in [0.4, 0.5) is 55.3 Å². The number of thioether (sulfide) groups is 1. The Hall–Kier alpha value is -2.89. The number of hydrogen-bond acceptors (Lipinski definition) is 5. The van der Waals surface area contributed by atoms with Crippen molar-refractivity contribution in [2.75, 3.05) is 11.1 Å². The van der Waals surface area contributed by atoms with Crippen molar-refractivity contribution in [1.82, 2.24) is 0 Å². The molecule has 0 radical (unpaired) electrons. The second kappa shape index (κ2) is 10.2. The molecule has 36 heavy (non-hydrogen) atoms. The van der Waals surface area contributed by atoms with Crippen LogP contribution in [0.25, 0.3) is 0 Å². The van der Waals surface area contributed by atoms with Gasteiger partial charge < -0.3 is 5.32 Å². The maximum atomic E-state index is 13.6. The average molecular weight is 572 g/mol. The highest BCUT2D eigenvalue weighted by Crippen LogP contribution is 2.54. The number of nitro benzene ring substituents is 1. The van der Waals surface area contributed by atoms with Crippen molar-refractivity contribution in [2.24, 2.45) is 0 Å². The zero-order valence-electron chi connectivity index (χ0n) is 16.9. The summed E-state index contributed by atoms with van der Waals surface area (Å²) in [6.07, 6.45) is -11.4. The standard InChI is InChI=1S/C18H10F10N2O4S2/c19-15(20,21)9-2-1-3-10(6-9)29-14(31)8-36(34)13-5-4-11(7-12(13)30(32)33)35-18(27,28)16(22,23)17(24,25)26/h1-7H,8H2,(H,29,31). The fraction of sp³-hybridized carbons (Fsp3) is 0.278. The highest BCUT2D eigenvalue weighted by Gasteiger charge is 2.73. The van der Waals surface area contributed by atoms with Crippen LogP contribution < -0.4 is 5.32 Å². The summed E-state index contributed by atoms with van der Waals surface area (Å²) in [6.45, 7) is 0. The van der Waals surface area contributed by atoms with Crippen LogP contribution >= 0.6 is 11.8 Å². The van der Waals surface area contributed by atoms with E-state index in [1.54, 1.807) is 0 Å². The molecule has 1 unspecified atom stereocenters. The zero-order valence-corrected chi connectivity index (χ0v) is 18.6. The summed E-state index contributed by atoms with van der Waals surface area (Å²) in [7, 11) is -2.61. The Balaban J connectivity index is 2.24. The minimum atomic E-state index is -6.64. The van der Waals surface area contributed by atoms with Gasteiger partial charge in [0, 0.05) is 16.6 Å². The minimum absolute atomic E-state index is 0.170. The first-order chi connectivity index (χ1) is 16.3. The highest BCUT2D eigenvalue weighted by molar-refractivity contribution is 8.00. The molecule has 2 rings (SSSR count). The molecular formula is C18H10F10N2O4S2. The predicted molar refractivity (Wildman–Crippen MR) is 106 cm³/mol.